The number of carbonyl (C=O) groups excluding carboxylic acids is 1. The second-order valence-corrected chi connectivity index (χ2v) is 6.29. The lowest BCUT2D eigenvalue weighted by atomic mass is 10.2. The van der Waals surface area contributed by atoms with Crippen molar-refractivity contribution in [2.24, 2.45) is 0 Å². The number of likely N-dealkylation sites (N-methyl/N-ethyl adjacent to an activating group) is 1. The molecule has 0 aliphatic heterocycles. The van der Waals surface area contributed by atoms with Crippen LogP contribution in [0.2, 0.25) is 0 Å². The molecule has 0 aromatic heterocycles. The highest BCUT2D eigenvalue weighted by Crippen LogP contribution is 2.17. The number of amides is 1. The second-order valence-electron chi connectivity index (χ2n) is 5.41. The number of carbonyl (C=O) groups is 1. The van der Waals surface area contributed by atoms with E-state index in [2.05, 4.69) is 29.6 Å². The Kier molecular flexibility index (Phi) is 6.19. The first kappa shape index (κ1) is 17.5. The van der Waals surface area contributed by atoms with Crippen LogP contribution in [-0.2, 0) is 11.3 Å². The number of anilines is 1. The van der Waals surface area contributed by atoms with Gasteiger partial charge < -0.3 is 5.32 Å². The van der Waals surface area contributed by atoms with E-state index in [0.717, 1.165) is 5.56 Å². The number of nitrogens with one attached hydrogen (secondary N) is 1. The third-order valence-corrected chi connectivity index (χ3v) is 4.51. The Balaban J connectivity index is 1.96. The van der Waals surface area contributed by atoms with E-state index in [-0.39, 0.29) is 17.6 Å². The van der Waals surface area contributed by atoms with Gasteiger partial charge in [-0.3, -0.25) is 9.69 Å². The molecule has 0 heterocycles. The molecule has 0 fully saturated rings. The number of thioether (sulfide) groups is 1. The minimum atomic E-state index is -0.427. The van der Waals surface area contributed by atoms with Gasteiger partial charge in [-0.05, 0) is 50.1 Å². The predicted molar refractivity (Wildman–Crippen MR) is 94.2 cm³/mol. The monoisotopic (exact) mass is 332 g/mol. The minimum Gasteiger partial charge on any atom is -0.322 e. The normalized spacial score (nSPS) is 12.2. The summed E-state index contributed by atoms with van der Waals surface area (Å²) in [6.45, 7) is 2.47. The fourth-order valence-electron chi connectivity index (χ4n) is 2.16. The number of rotatable bonds is 6. The fourth-order valence-corrected chi connectivity index (χ4v) is 2.56. The first-order valence-corrected chi connectivity index (χ1v) is 8.62. The summed E-state index contributed by atoms with van der Waals surface area (Å²) in [5.41, 5.74) is 1.35. The molecule has 0 bridgehead atoms. The van der Waals surface area contributed by atoms with Gasteiger partial charge in [-0.15, -0.1) is 11.8 Å². The Hall–Kier alpha value is -1.85. The van der Waals surface area contributed by atoms with E-state index in [1.165, 1.54) is 11.0 Å². The van der Waals surface area contributed by atoms with Crippen molar-refractivity contribution in [1.29, 1.82) is 0 Å². The van der Waals surface area contributed by atoms with E-state index in [1.807, 2.05) is 25.1 Å². The van der Waals surface area contributed by atoms with Crippen LogP contribution < -0.4 is 5.32 Å². The third-order valence-electron chi connectivity index (χ3n) is 3.76. The van der Waals surface area contributed by atoms with Gasteiger partial charge in [-0.2, -0.15) is 0 Å². The molecule has 122 valence electrons. The first-order chi connectivity index (χ1) is 11.0. The van der Waals surface area contributed by atoms with E-state index in [1.54, 1.807) is 30.0 Å². The van der Waals surface area contributed by atoms with Crippen LogP contribution in [-0.4, -0.2) is 30.2 Å². The summed E-state index contributed by atoms with van der Waals surface area (Å²) in [6, 6.07) is 14.1. The van der Waals surface area contributed by atoms with Crippen molar-refractivity contribution in [1.82, 2.24) is 4.90 Å². The number of halogens is 1. The molecule has 0 aliphatic carbocycles. The number of hydrogen-bond acceptors (Lipinski definition) is 3. The SMILES string of the molecule is CSc1ccc(CN(C)C(C)C(=O)Nc2ccccc2F)cc1. The van der Waals surface area contributed by atoms with Gasteiger partial charge in [0.05, 0.1) is 11.7 Å². The van der Waals surface area contributed by atoms with Gasteiger partial charge in [0.25, 0.3) is 0 Å². The Morgan fingerprint density at radius 1 is 1.22 bits per heavy atom. The van der Waals surface area contributed by atoms with Crippen molar-refractivity contribution < 1.29 is 9.18 Å². The molecule has 3 nitrogen and oxygen atoms in total. The topological polar surface area (TPSA) is 32.3 Å². The number of nitrogens with zero attached hydrogens (tertiary/aromatic N) is 1. The van der Waals surface area contributed by atoms with Crippen molar-refractivity contribution in [3.05, 3.63) is 59.9 Å². The molecule has 1 unspecified atom stereocenters. The standard InChI is InChI=1S/C18H21FN2OS/c1-13(18(22)20-17-7-5-4-6-16(17)19)21(2)12-14-8-10-15(23-3)11-9-14/h4-11,13H,12H2,1-3H3,(H,20,22). The van der Waals surface area contributed by atoms with Crippen LogP contribution >= 0.6 is 11.8 Å². The largest absolute Gasteiger partial charge is 0.322 e. The van der Waals surface area contributed by atoms with Gasteiger partial charge in [-0.25, -0.2) is 4.39 Å². The molecule has 1 atom stereocenters. The zero-order chi connectivity index (χ0) is 16.8. The molecule has 0 saturated heterocycles. The van der Waals surface area contributed by atoms with Gasteiger partial charge in [0, 0.05) is 11.4 Å². The van der Waals surface area contributed by atoms with Gasteiger partial charge >= 0.3 is 0 Å². The first-order valence-electron chi connectivity index (χ1n) is 7.40. The molecule has 0 radical (unpaired) electrons. The van der Waals surface area contributed by atoms with Gasteiger partial charge in [0.1, 0.15) is 5.82 Å². The Bertz CT molecular complexity index is 660. The summed E-state index contributed by atoms with van der Waals surface area (Å²) >= 11 is 1.70. The van der Waals surface area contributed by atoms with E-state index in [9.17, 15) is 9.18 Å². The van der Waals surface area contributed by atoms with Crippen LogP contribution in [0.15, 0.2) is 53.4 Å². The summed E-state index contributed by atoms with van der Waals surface area (Å²) in [5.74, 6) is -0.651. The Labute approximate surface area is 140 Å². The van der Waals surface area contributed by atoms with Crippen LogP contribution in [0.4, 0.5) is 10.1 Å². The van der Waals surface area contributed by atoms with Gasteiger partial charge in [0.15, 0.2) is 0 Å². The maximum absolute atomic E-state index is 13.6. The van der Waals surface area contributed by atoms with Crippen molar-refractivity contribution in [2.75, 3.05) is 18.6 Å². The maximum Gasteiger partial charge on any atom is 0.241 e. The van der Waals surface area contributed by atoms with Crippen molar-refractivity contribution in [3.63, 3.8) is 0 Å². The highest BCUT2D eigenvalue weighted by molar-refractivity contribution is 7.98. The molecule has 1 N–H and O–H groups in total. The molecule has 2 rings (SSSR count). The highest BCUT2D eigenvalue weighted by atomic mass is 32.2. The second kappa shape index (κ2) is 8.13. The van der Waals surface area contributed by atoms with E-state index in [0.29, 0.717) is 6.54 Å². The molecule has 0 aliphatic rings. The van der Waals surface area contributed by atoms with Gasteiger partial charge in [0.2, 0.25) is 5.91 Å². The molecule has 2 aromatic rings. The lowest BCUT2D eigenvalue weighted by Gasteiger charge is -2.24. The molecule has 2 aromatic carbocycles. The molecule has 23 heavy (non-hydrogen) atoms. The Morgan fingerprint density at radius 2 is 1.87 bits per heavy atom. The summed E-state index contributed by atoms with van der Waals surface area (Å²) in [7, 11) is 1.88. The summed E-state index contributed by atoms with van der Waals surface area (Å²) in [5, 5.41) is 2.64. The fraction of sp³-hybridized carbons (Fsp3) is 0.278. The molecule has 0 spiro atoms. The average molecular weight is 332 g/mol. The van der Waals surface area contributed by atoms with Crippen LogP contribution in [0.25, 0.3) is 0 Å². The minimum absolute atomic E-state index is 0.210. The summed E-state index contributed by atoms with van der Waals surface area (Å²) < 4.78 is 13.6. The van der Waals surface area contributed by atoms with Crippen molar-refractivity contribution in [3.8, 4) is 0 Å². The zero-order valence-corrected chi connectivity index (χ0v) is 14.4. The van der Waals surface area contributed by atoms with Gasteiger partial charge in [-0.1, -0.05) is 24.3 Å². The number of para-hydroxylation sites is 1. The van der Waals surface area contributed by atoms with E-state index < -0.39 is 5.82 Å². The van der Waals surface area contributed by atoms with Crippen LogP contribution in [0.3, 0.4) is 0 Å². The quantitative estimate of drug-likeness (QED) is 0.811. The van der Waals surface area contributed by atoms with Crippen LogP contribution in [0.1, 0.15) is 12.5 Å². The third kappa shape index (κ3) is 4.81. The van der Waals surface area contributed by atoms with Crippen LogP contribution in [0, 0.1) is 5.82 Å². The highest BCUT2D eigenvalue weighted by Gasteiger charge is 2.19. The van der Waals surface area contributed by atoms with E-state index in [4.69, 9.17) is 0 Å². The lowest BCUT2D eigenvalue weighted by Crippen LogP contribution is -2.39. The maximum atomic E-state index is 13.6. The number of hydrogen-bond donors (Lipinski definition) is 1. The summed E-state index contributed by atoms with van der Waals surface area (Å²) in [4.78, 5) is 15.4. The van der Waals surface area contributed by atoms with Crippen molar-refractivity contribution >= 4 is 23.4 Å². The predicted octanol–water partition coefficient (Wildman–Crippen LogP) is 4.01. The summed E-state index contributed by atoms with van der Waals surface area (Å²) in [6.07, 6.45) is 2.04. The molecular formula is C18H21FN2OS. The number of benzene rings is 2. The molecular weight excluding hydrogens is 311 g/mol. The molecule has 5 heteroatoms. The lowest BCUT2D eigenvalue weighted by molar-refractivity contribution is -0.120. The zero-order valence-electron chi connectivity index (χ0n) is 13.5. The average Bonchev–Trinajstić information content (AvgIpc) is 2.56. The van der Waals surface area contributed by atoms with Crippen molar-refractivity contribution in [2.45, 2.75) is 24.4 Å². The molecule has 0 saturated carbocycles. The molecule has 1 amide bonds. The van der Waals surface area contributed by atoms with E-state index >= 15 is 0 Å². The van der Waals surface area contributed by atoms with Crippen LogP contribution in [0.5, 0.6) is 0 Å². The Morgan fingerprint density at radius 3 is 2.48 bits per heavy atom. The smallest absolute Gasteiger partial charge is 0.241 e.